The quantitative estimate of drug-likeness (QED) is 0.729. The van der Waals surface area contributed by atoms with E-state index in [2.05, 4.69) is 27.8 Å². The molecule has 0 spiro atoms. The van der Waals surface area contributed by atoms with Gasteiger partial charge in [-0.1, -0.05) is 12.1 Å². The first-order valence-corrected chi connectivity index (χ1v) is 9.25. The molecule has 2 aromatic carbocycles. The molecule has 2 heterocycles. The van der Waals surface area contributed by atoms with Crippen molar-refractivity contribution in [1.82, 2.24) is 10.3 Å². The van der Waals surface area contributed by atoms with Crippen molar-refractivity contribution < 1.29 is 4.39 Å². The van der Waals surface area contributed by atoms with E-state index < -0.39 is 0 Å². The molecule has 5 heteroatoms. The Morgan fingerprint density at radius 3 is 2.78 bits per heavy atom. The topological polar surface area (TPSA) is 60.7 Å². The van der Waals surface area contributed by atoms with E-state index in [1.165, 1.54) is 6.07 Å². The summed E-state index contributed by atoms with van der Waals surface area (Å²) in [6.07, 6.45) is 5.88. The van der Waals surface area contributed by atoms with Crippen LogP contribution in [0.25, 0.3) is 21.9 Å². The van der Waals surface area contributed by atoms with Gasteiger partial charge in [-0.25, -0.2) is 4.39 Å². The van der Waals surface area contributed by atoms with Crippen LogP contribution in [-0.4, -0.2) is 24.1 Å². The Bertz CT molecular complexity index is 1000. The lowest BCUT2D eigenvalue weighted by molar-refractivity contribution is 0.479. The van der Waals surface area contributed by atoms with Crippen molar-refractivity contribution >= 4 is 16.5 Å². The molecule has 4 nitrogen and oxygen atoms in total. The van der Waals surface area contributed by atoms with Crippen molar-refractivity contribution in [3.05, 3.63) is 60.2 Å². The molecule has 0 saturated carbocycles. The molecular weight excluding hydrogens is 339 g/mol. The molecule has 136 valence electrons. The number of nitrogens with one attached hydrogen (secondary N) is 2. The maximum atomic E-state index is 14.3. The molecule has 0 radical (unpaired) electrons. The summed E-state index contributed by atoms with van der Waals surface area (Å²) in [6.45, 7) is 2.03. The molecule has 1 aliphatic rings. The highest BCUT2D eigenvalue weighted by atomic mass is 19.1. The van der Waals surface area contributed by atoms with Crippen molar-refractivity contribution in [2.75, 3.05) is 18.4 Å². The number of nitriles is 1. The van der Waals surface area contributed by atoms with Gasteiger partial charge in [-0.05, 0) is 66.7 Å². The van der Waals surface area contributed by atoms with Crippen LogP contribution in [0.1, 0.15) is 18.4 Å². The van der Waals surface area contributed by atoms with Gasteiger partial charge in [0.05, 0.1) is 12.5 Å². The third-order valence-electron chi connectivity index (χ3n) is 5.11. The highest BCUT2D eigenvalue weighted by Gasteiger charge is 2.15. The van der Waals surface area contributed by atoms with E-state index in [1.54, 1.807) is 12.3 Å². The number of benzene rings is 2. The van der Waals surface area contributed by atoms with E-state index in [1.807, 2.05) is 24.4 Å². The summed E-state index contributed by atoms with van der Waals surface area (Å²) in [5, 5.41) is 18.0. The van der Waals surface area contributed by atoms with Gasteiger partial charge in [0.15, 0.2) is 0 Å². The molecule has 0 atom stereocenters. The van der Waals surface area contributed by atoms with Gasteiger partial charge in [-0.15, -0.1) is 0 Å². The van der Waals surface area contributed by atoms with Crippen molar-refractivity contribution in [1.29, 1.82) is 5.26 Å². The molecule has 1 aromatic heterocycles. The van der Waals surface area contributed by atoms with Crippen LogP contribution in [0.5, 0.6) is 0 Å². The Balaban J connectivity index is 1.75. The van der Waals surface area contributed by atoms with Gasteiger partial charge in [-0.3, -0.25) is 4.98 Å². The monoisotopic (exact) mass is 360 g/mol. The zero-order valence-electron chi connectivity index (χ0n) is 15.0. The van der Waals surface area contributed by atoms with Crippen molar-refractivity contribution in [2.24, 2.45) is 0 Å². The SMILES string of the molecule is N#CCc1ccc(-c2cc(NC3CCNCC3)c3cnccc3c2)cc1F. The molecule has 0 amide bonds. The van der Waals surface area contributed by atoms with Gasteiger partial charge in [0.2, 0.25) is 0 Å². The Morgan fingerprint density at radius 1 is 1.15 bits per heavy atom. The van der Waals surface area contributed by atoms with E-state index in [0.717, 1.165) is 53.5 Å². The minimum absolute atomic E-state index is 0.0814. The Morgan fingerprint density at radius 2 is 2.00 bits per heavy atom. The van der Waals surface area contributed by atoms with Crippen molar-refractivity contribution in [2.45, 2.75) is 25.3 Å². The van der Waals surface area contributed by atoms with Crippen molar-refractivity contribution in [3.63, 3.8) is 0 Å². The number of nitrogens with zero attached hydrogens (tertiary/aromatic N) is 2. The van der Waals surface area contributed by atoms with Gasteiger partial charge in [0, 0.05) is 35.1 Å². The summed E-state index contributed by atoms with van der Waals surface area (Å²) in [4.78, 5) is 4.27. The van der Waals surface area contributed by atoms with Crippen LogP contribution in [-0.2, 0) is 6.42 Å². The number of pyridine rings is 1. The zero-order valence-corrected chi connectivity index (χ0v) is 15.0. The number of piperidine rings is 1. The molecule has 2 N–H and O–H groups in total. The van der Waals surface area contributed by atoms with E-state index in [-0.39, 0.29) is 12.2 Å². The number of fused-ring (bicyclic) bond motifs is 1. The summed E-state index contributed by atoms with van der Waals surface area (Å²) < 4.78 is 14.3. The van der Waals surface area contributed by atoms with Gasteiger partial charge in [0.1, 0.15) is 5.82 Å². The minimum Gasteiger partial charge on any atom is -0.382 e. The van der Waals surface area contributed by atoms with Crippen LogP contribution in [0.3, 0.4) is 0 Å². The van der Waals surface area contributed by atoms with Crippen LogP contribution >= 0.6 is 0 Å². The van der Waals surface area contributed by atoms with E-state index in [0.29, 0.717) is 11.6 Å². The molecule has 0 bridgehead atoms. The first-order valence-electron chi connectivity index (χ1n) is 9.25. The first-order chi connectivity index (χ1) is 13.2. The number of hydrogen-bond donors (Lipinski definition) is 2. The lowest BCUT2D eigenvalue weighted by Crippen LogP contribution is -2.35. The van der Waals surface area contributed by atoms with Crippen LogP contribution in [0.15, 0.2) is 48.8 Å². The predicted octanol–water partition coefficient (Wildman–Crippen LogP) is 4.27. The van der Waals surface area contributed by atoms with Gasteiger partial charge in [0.25, 0.3) is 0 Å². The molecule has 1 fully saturated rings. The Labute approximate surface area is 158 Å². The molecule has 27 heavy (non-hydrogen) atoms. The third-order valence-corrected chi connectivity index (χ3v) is 5.11. The second kappa shape index (κ2) is 7.73. The largest absolute Gasteiger partial charge is 0.382 e. The number of halogens is 1. The number of anilines is 1. The molecule has 1 aliphatic heterocycles. The zero-order chi connectivity index (χ0) is 18.6. The molecule has 3 aromatic rings. The summed E-state index contributed by atoms with van der Waals surface area (Å²) in [6, 6.07) is 13.6. The van der Waals surface area contributed by atoms with Gasteiger partial charge >= 0.3 is 0 Å². The summed E-state index contributed by atoms with van der Waals surface area (Å²) >= 11 is 0. The lowest BCUT2D eigenvalue weighted by atomic mass is 9.98. The number of rotatable bonds is 4. The van der Waals surface area contributed by atoms with Crippen molar-refractivity contribution in [3.8, 4) is 17.2 Å². The first kappa shape index (κ1) is 17.4. The highest BCUT2D eigenvalue weighted by Crippen LogP contribution is 2.32. The molecule has 1 saturated heterocycles. The Hall–Kier alpha value is -2.97. The van der Waals surface area contributed by atoms with Crippen LogP contribution in [0.2, 0.25) is 0 Å². The maximum absolute atomic E-state index is 14.3. The molecular formula is C22H21FN4. The second-order valence-corrected chi connectivity index (χ2v) is 6.93. The second-order valence-electron chi connectivity index (χ2n) is 6.93. The minimum atomic E-state index is -0.336. The molecule has 0 aliphatic carbocycles. The summed E-state index contributed by atoms with van der Waals surface area (Å²) in [7, 11) is 0. The molecule has 0 unspecified atom stereocenters. The maximum Gasteiger partial charge on any atom is 0.128 e. The van der Waals surface area contributed by atoms with Gasteiger partial charge < -0.3 is 10.6 Å². The van der Waals surface area contributed by atoms with Crippen LogP contribution in [0.4, 0.5) is 10.1 Å². The summed E-state index contributed by atoms with van der Waals surface area (Å²) in [5.41, 5.74) is 3.22. The average Bonchev–Trinajstić information content (AvgIpc) is 2.70. The highest BCUT2D eigenvalue weighted by molar-refractivity contribution is 5.97. The standard InChI is InChI=1S/C22H21FN4/c23-21-12-16(2-1-15(21)3-7-24)18-11-17-4-8-26-14-20(17)22(13-18)27-19-5-9-25-10-6-19/h1-2,4,8,11-14,19,25,27H,3,5-6,9-10H2. The lowest BCUT2D eigenvalue weighted by Gasteiger charge is -2.25. The van der Waals surface area contributed by atoms with E-state index in [4.69, 9.17) is 5.26 Å². The molecule has 4 rings (SSSR count). The van der Waals surface area contributed by atoms with Gasteiger partial charge in [-0.2, -0.15) is 5.26 Å². The van der Waals surface area contributed by atoms with Crippen LogP contribution < -0.4 is 10.6 Å². The fourth-order valence-electron chi connectivity index (χ4n) is 3.63. The summed E-state index contributed by atoms with van der Waals surface area (Å²) in [5.74, 6) is -0.336. The third kappa shape index (κ3) is 3.76. The fourth-order valence-corrected chi connectivity index (χ4v) is 3.63. The van der Waals surface area contributed by atoms with E-state index >= 15 is 0 Å². The normalized spacial score (nSPS) is 14.8. The smallest absolute Gasteiger partial charge is 0.128 e. The average molecular weight is 360 g/mol. The Kier molecular flexibility index (Phi) is 4.99. The van der Waals surface area contributed by atoms with Crippen LogP contribution in [0, 0.1) is 17.1 Å². The number of aromatic nitrogens is 1. The predicted molar refractivity (Wildman–Crippen MR) is 106 cm³/mol. The van der Waals surface area contributed by atoms with E-state index in [9.17, 15) is 4.39 Å². The fraction of sp³-hybridized carbons (Fsp3) is 0.273. The number of hydrogen-bond acceptors (Lipinski definition) is 4.